The third-order valence-electron chi connectivity index (χ3n) is 4.15. The number of ether oxygens (including phenoxy) is 1. The molecule has 2 aromatic rings. The van der Waals surface area contributed by atoms with Crippen molar-refractivity contribution in [3.63, 3.8) is 0 Å². The number of esters is 1. The Morgan fingerprint density at radius 2 is 1.76 bits per heavy atom. The number of aliphatic hydroxyl groups is 1. The molecule has 1 heterocycles. The van der Waals surface area contributed by atoms with Crippen molar-refractivity contribution in [3.8, 4) is 5.69 Å². The zero-order valence-electron chi connectivity index (χ0n) is 14.8. The minimum Gasteiger partial charge on any atom is -0.469 e. The van der Waals surface area contributed by atoms with Gasteiger partial charge in [0.2, 0.25) is 0 Å². The highest BCUT2D eigenvalue weighted by Crippen LogP contribution is 2.19. The molecule has 0 unspecified atom stereocenters. The maximum Gasteiger partial charge on any atom is 0.307 e. The van der Waals surface area contributed by atoms with Crippen LogP contribution in [0.1, 0.15) is 30.6 Å². The first-order chi connectivity index (χ1) is 11.9. The van der Waals surface area contributed by atoms with Crippen LogP contribution in [0.15, 0.2) is 48.8 Å². The van der Waals surface area contributed by atoms with Crippen LogP contribution in [0.4, 0.5) is 0 Å². The Labute approximate surface area is 147 Å². The molecule has 134 valence electrons. The van der Waals surface area contributed by atoms with Crippen molar-refractivity contribution in [2.24, 2.45) is 0 Å². The van der Waals surface area contributed by atoms with E-state index in [1.165, 1.54) is 12.0 Å². The highest BCUT2D eigenvalue weighted by atomic mass is 16.5. The lowest BCUT2D eigenvalue weighted by atomic mass is 10.0. The van der Waals surface area contributed by atoms with Gasteiger partial charge in [0.05, 0.1) is 25.7 Å². The van der Waals surface area contributed by atoms with Gasteiger partial charge in [-0.2, -0.15) is 0 Å². The standard InChI is InChI=1S/C19H24N2O4/c1-19(2,14-22)21(13-10-17(23)25-3)18(24)15-6-8-16(9-7-15)20-11-4-5-12-20/h4-9,11-12,22H,10,13-14H2,1-3H3. The average molecular weight is 344 g/mol. The molecule has 25 heavy (non-hydrogen) atoms. The van der Waals surface area contributed by atoms with Gasteiger partial charge in [0.25, 0.3) is 5.91 Å². The number of carbonyl (C=O) groups excluding carboxylic acids is 2. The van der Waals surface area contributed by atoms with E-state index in [1.807, 2.05) is 41.2 Å². The van der Waals surface area contributed by atoms with E-state index in [2.05, 4.69) is 4.74 Å². The van der Waals surface area contributed by atoms with Crippen LogP contribution in [0.2, 0.25) is 0 Å². The lowest BCUT2D eigenvalue weighted by Gasteiger charge is -2.37. The van der Waals surface area contributed by atoms with Crippen LogP contribution in [0.5, 0.6) is 0 Å². The van der Waals surface area contributed by atoms with E-state index in [0.29, 0.717) is 5.56 Å². The number of aromatic nitrogens is 1. The smallest absolute Gasteiger partial charge is 0.307 e. The number of benzene rings is 1. The maximum atomic E-state index is 12.9. The Morgan fingerprint density at radius 1 is 1.16 bits per heavy atom. The van der Waals surface area contributed by atoms with Crippen LogP contribution >= 0.6 is 0 Å². The molecule has 6 nitrogen and oxygen atoms in total. The van der Waals surface area contributed by atoms with Crippen molar-refractivity contribution >= 4 is 11.9 Å². The Kier molecular flexibility index (Phi) is 5.98. The largest absolute Gasteiger partial charge is 0.469 e. The van der Waals surface area contributed by atoms with Gasteiger partial charge in [-0.3, -0.25) is 9.59 Å². The van der Waals surface area contributed by atoms with E-state index in [1.54, 1.807) is 26.0 Å². The van der Waals surface area contributed by atoms with Gasteiger partial charge in [-0.1, -0.05) is 0 Å². The van der Waals surface area contributed by atoms with E-state index < -0.39 is 11.5 Å². The Balaban J connectivity index is 2.21. The molecule has 0 saturated carbocycles. The second kappa shape index (κ2) is 7.98. The third-order valence-corrected chi connectivity index (χ3v) is 4.15. The molecule has 1 N–H and O–H groups in total. The fourth-order valence-electron chi connectivity index (χ4n) is 2.51. The van der Waals surface area contributed by atoms with E-state index in [9.17, 15) is 14.7 Å². The molecule has 1 aromatic heterocycles. The molecule has 0 aliphatic rings. The van der Waals surface area contributed by atoms with E-state index in [4.69, 9.17) is 0 Å². The Hall–Kier alpha value is -2.60. The van der Waals surface area contributed by atoms with Crippen LogP contribution < -0.4 is 0 Å². The Bertz CT molecular complexity index is 706. The van der Waals surface area contributed by atoms with E-state index in [0.717, 1.165) is 5.69 Å². The van der Waals surface area contributed by atoms with Crippen molar-refractivity contribution in [3.05, 3.63) is 54.4 Å². The van der Waals surface area contributed by atoms with Crippen molar-refractivity contribution in [2.45, 2.75) is 25.8 Å². The summed E-state index contributed by atoms with van der Waals surface area (Å²) in [4.78, 5) is 25.9. The molecule has 6 heteroatoms. The molecule has 0 radical (unpaired) electrons. The predicted molar refractivity (Wildman–Crippen MR) is 94.6 cm³/mol. The molecule has 0 atom stereocenters. The number of rotatable bonds is 7. The highest BCUT2D eigenvalue weighted by molar-refractivity contribution is 5.95. The van der Waals surface area contributed by atoms with Gasteiger partial charge in [-0.05, 0) is 50.2 Å². The molecule has 0 fully saturated rings. The summed E-state index contributed by atoms with van der Waals surface area (Å²) in [6.45, 7) is 3.49. The van der Waals surface area contributed by atoms with Crippen molar-refractivity contribution < 1.29 is 19.4 Å². The lowest BCUT2D eigenvalue weighted by molar-refractivity contribution is -0.141. The molecule has 0 aliphatic carbocycles. The van der Waals surface area contributed by atoms with Gasteiger partial charge in [0.1, 0.15) is 0 Å². The van der Waals surface area contributed by atoms with E-state index >= 15 is 0 Å². The molecule has 1 aromatic carbocycles. The van der Waals surface area contributed by atoms with Gasteiger partial charge in [-0.15, -0.1) is 0 Å². The van der Waals surface area contributed by atoms with Gasteiger partial charge < -0.3 is 19.3 Å². The summed E-state index contributed by atoms with van der Waals surface area (Å²) >= 11 is 0. The SMILES string of the molecule is COC(=O)CCN(C(=O)c1ccc(-n2cccc2)cc1)C(C)(C)CO. The lowest BCUT2D eigenvalue weighted by Crippen LogP contribution is -2.51. The number of carbonyl (C=O) groups is 2. The molecular formula is C19H24N2O4. The monoisotopic (exact) mass is 344 g/mol. The van der Waals surface area contributed by atoms with E-state index in [-0.39, 0.29) is 25.5 Å². The zero-order valence-corrected chi connectivity index (χ0v) is 14.8. The zero-order chi connectivity index (χ0) is 18.4. The third kappa shape index (κ3) is 4.48. The summed E-state index contributed by atoms with van der Waals surface area (Å²) < 4.78 is 6.59. The first kappa shape index (κ1) is 18.7. The minimum absolute atomic E-state index is 0.0765. The Morgan fingerprint density at radius 3 is 2.28 bits per heavy atom. The summed E-state index contributed by atoms with van der Waals surface area (Å²) in [6, 6.07) is 11.1. The van der Waals surface area contributed by atoms with Crippen LogP contribution in [0.25, 0.3) is 5.69 Å². The number of methoxy groups -OCH3 is 1. The fraction of sp³-hybridized carbons (Fsp3) is 0.368. The molecule has 0 spiro atoms. The van der Waals surface area contributed by atoms with Gasteiger partial charge >= 0.3 is 5.97 Å². The fourth-order valence-corrected chi connectivity index (χ4v) is 2.51. The topological polar surface area (TPSA) is 71.8 Å². The van der Waals surface area contributed by atoms with Crippen molar-refractivity contribution in [2.75, 3.05) is 20.3 Å². The molecular weight excluding hydrogens is 320 g/mol. The molecule has 0 aliphatic heterocycles. The number of hydrogen-bond donors (Lipinski definition) is 1. The van der Waals surface area contributed by atoms with Crippen LogP contribution in [0.3, 0.4) is 0 Å². The normalized spacial score (nSPS) is 11.2. The first-order valence-electron chi connectivity index (χ1n) is 8.12. The summed E-state index contributed by atoms with van der Waals surface area (Å²) in [5, 5.41) is 9.64. The summed E-state index contributed by atoms with van der Waals surface area (Å²) in [6.07, 6.45) is 3.93. The molecule has 0 bridgehead atoms. The van der Waals surface area contributed by atoms with Crippen LogP contribution in [-0.4, -0.2) is 52.3 Å². The number of nitrogens with zero attached hydrogens (tertiary/aromatic N) is 2. The average Bonchev–Trinajstić information content (AvgIpc) is 3.16. The van der Waals surface area contributed by atoms with Crippen molar-refractivity contribution in [1.29, 1.82) is 0 Å². The van der Waals surface area contributed by atoms with Crippen molar-refractivity contribution in [1.82, 2.24) is 9.47 Å². The summed E-state index contributed by atoms with van der Waals surface area (Å²) in [5.74, 6) is -0.628. The number of aliphatic hydroxyl groups excluding tert-OH is 1. The molecule has 0 saturated heterocycles. The second-order valence-corrected chi connectivity index (χ2v) is 6.39. The summed E-state index contributed by atoms with van der Waals surface area (Å²) in [7, 11) is 1.31. The minimum atomic E-state index is -0.787. The number of amides is 1. The van der Waals surface area contributed by atoms with Crippen LogP contribution in [-0.2, 0) is 9.53 Å². The summed E-state index contributed by atoms with van der Waals surface area (Å²) in [5.41, 5.74) is 0.663. The van der Waals surface area contributed by atoms with Gasteiger partial charge in [0.15, 0.2) is 0 Å². The van der Waals surface area contributed by atoms with Gasteiger partial charge in [0, 0.05) is 30.2 Å². The second-order valence-electron chi connectivity index (χ2n) is 6.39. The predicted octanol–water partition coefficient (Wildman–Crippen LogP) is 2.25. The highest BCUT2D eigenvalue weighted by Gasteiger charge is 2.31. The van der Waals surface area contributed by atoms with Crippen LogP contribution in [0, 0.1) is 0 Å². The molecule has 1 amide bonds. The van der Waals surface area contributed by atoms with Gasteiger partial charge in [-0.25, -0.2) is 0 Å². The number of hydrogen-bond acceptors (Lipinski definition) is 4. The quantitative estimate of drug-likeness (QED) is 0.782. The molecule has 2 rings (SSSR count). The maximum absolute atomic E-state index is 12.9. The first-order valence-corrected chi connectivity index (χ1v) is 8.12.